The third-order valence-electron chi connectivity index (χ3n) is 3.52. The molecule has 0 bridgehead atoms. The number of nitrogens with zero attached hydrogens (tertiary/aromatic N) is 1. The van der Waals surface area contributed by atoms with Gasteiger partial charge in [0.25, 0.3) is 0 Å². The van der Waals surface area contributed by atoms with Gasteiger partial charge in [-0.2, -0.15) is 0 Å². The van der Waals surface area contributed by atoms with Crippen molar-refractivity contribution in [3.8, 4) is 12.3 Å². The van der Waals surface area contributed by atoms with Crippen LogP contribution in [-0.2, 0) is 4.79 Å². The molecule has 0 amide bonds. The van der Waals surface area contributed by atoms with Gasteiger partial charge in [0.15, 0.2) is 0 Å². The average molecular weight is 209 g/mol. The molecule has 0 saturated carbocycles. The number of terminal acetylenes is 1. The van der Waals surface area contributed by atoms with E-state index in [2.05, 4.69) is 10.8 Å². The molecular weight excluding hydrogens is 190 g/mol. The molecule has 1 rings (SSSR count). The minimum atomic E-state index is -0.637. The summed E-state index contributed by atoms with van der Waals surface area (Å²) in [5.74, 6) is 1.98. The number of hydrogen-bond acceptors (Lipinski definition) is 2. The normalized spacial score (nSPS) is 20.8. The maximum Gasteiger partial charge on any atom is 0.309 e. The van der Waals surface area contributed by atoms with E-state index in [-0.39, 0.29) is 0 Å². The Bertz CT molecular complexity index is 259. The first kappa shape index (κ1) is 12.1. The summed E-state index contributed by atoms with van der Waals surface area (Å²) in [5, 5.41) is 9.20. The predicted octanol–water partition coefficient (Wildman–Crippen LogP) is 1.59. The zero-order valence-electron chi connectivity index (χ0n) is 9.33. The standard InChI is InChI=1S/C12H19NO2/c1-3-5-8-13-9-6-12(4-2,7-10-13)11(14)15/h1H,4-10H2,2H3,(H,14,15). The Labute approximate surface area is 91.5 Å². The molecule has 0 aliphatic carbocycles. The van der Waals surface area contributed by atoms with Gasteiger partial charge in [0.05, 0.1) is 5.41 Å². The van der Waals surface area contributed by atoms with Gasteiger partial charge in [-0.3, -0.25) is 4.79 Å². The highest BCUT2D eigenvalue weighted by molar-refractivity contribution is 5.74. The topological polar surface area (TPSA) is 40.5 Å². The second-order valence-corrected chi connectivity index (χ2v) is 4.23. The van der Waals surface area contributed by atoms with Gasteiger partial charge in [-0.15, -0.1) is 12.3 Å². The van der Waals surface area contributed by atoms with E-state index in [9.17, 15) is 9.90 Å². The molecule has 0 aromatic heterocycles. The van der Waals surface area contributed by atoms with Gasteiger partial charge in [-0.1, -0.05) is 6.92 Å². The fraction of sp³-hybridized carbons (Fsp3) is 0.750. The molecule has 0 aromatic rings. The molecule has 1 aliphatic heterocycles. The smallest absolute Gasteiger partial charge is 0.309 e. The van der Waals surface area contributed by atoms with Gasteiger partial charge in [-0.05, 0) is 32.4 Å². The van der Waals surface area contributed by atoms with Gasteiger partial charge in [0.1, 0.15) is 0 Å². The number of aliphatic carboxylic acids is 1. The van der Waals surface area contributed by atoms with Crippen molar-refractivity contribution in [3.63, 3.8) is 0 Å². The van der Waals surface area contributed by atoms with Crippen LogP contribution in [0.4, 0.5) is 0 Å². The summed E-state index contributed by atoms with van der Waals surface area (Å²) in [6.45, 7) is 4.59. The number of likely N-dealkylation sites (tertiary alicyclic amines) is 1. The molecule has 0 aromatic carbocycles. The van der Waals surface area contributed by atoms with Crippen LogP contribution < -0.4 is 0 Å². The van der Waals surface area contributed by atoms with E-state index in [1.807, 2.05) is 6.92 Å². The van der Waals surface area contributed by atoms with Crippen molar-refractivity contribution >= 4 is 5.97 Å². The molecule has 84 valence electrons. The van der Waals surface area contributed by atoms with Crippen molar-refractivity contribution in [1.82, 2.24) is 4.90 Å². The molecule has 0 spiro atoms. The second-order valence-electron chi connectivity index (χ2n) is 4.23. The number of carbonyl (C=O) groups is 1. The molecule has 0 atom stereocenters. The number of carboxylic acid groups (broad SMARTS) is 1. The minimum Gasteiger partial charge on any atom is -0.481 e. The molecule has 1 N–H and O–H groups in total. The van der Waals surface area contributed by atoms with E-state index in [4.69, 9.17) is 6.42 Å². The molecule has 3 nitrogen and oxygen atoms in total. The van der Waals surface area contributed by atoms with Crippen molar-refractivity contribution in [2.24, 2.45) is 5.41 Å². The Morgan fingerprint density at radius 2 is 2.13 bits per heavy atom. The summed E-state index contributed by atoms with van der Waals surface area (Å²) in [7, 11) is 0. The first-order valence-electron chi connectivity index (χ1n) is 5.54. The molecular formula is C12H19NO2. The molecule has 1 aliphatic rings. The highest BCUT2D eigenvalue weighted by Gasteiger charge is 2.39. The maximum absolute atomic E-state index is 11.2. The lowest BCUT2D eigenvalue weighted by Gasteiger charge is -2.38. The fourth-order valence-corrected chi connectivity index (χ4v) is 2.15. The predicted molar refractivity (Wildman–Crippen MR) is 59.5 cm³/mol. The summed E-state index contributed by atoms with van der Waals surface area (Å²) < 4.78 is 0. The Balaban J connectivity index is 2.47. The molecule has 3 heteroatoms. The van der Waals surface area contributed by atoms with Crippen LogP contribution in [0.5, 0.6) is 0 Å². The number of rotatable bonds is 4. The largest absolute Gasteiger partial charge is 0.481 e. The first-order chi connectivity index (χ1) is 7.14. The Kier molecular flexibility index (Phi) is 4.16. The molecule has 0 radical (unpaired) electrons. The van der Waals surface area contributed by atoms with Crippen molar-refractivity contribution in [2.45, 2.75) is 32.6 Å². The molecule has 1 fully saturated rings. The van der Waals surface area contributed by atoms with Crippen LogP contribution in [0.3, 0.4) is 0 Å². The summed E-state index contributed by atoms with van der Waals surface area (Å²) >= 11 is 0. The second kappa shape index (κ2) is 5.18. The first-order valence-corrected chi connectivity index (χ1v) is 5.54. The zero-order valence-corrected chi connectivity index (χ0v) is 9.33. The zero-order chi connectivity index (χ0) is 11.3. The molecule has 0 unspecified atom stereocenters. The monoisotopic (exact) mass is 209 g/mol. The van der Waals surface area contributed by atoms with Crippen LogP contribution >= 0.6 is 0 Å². The van der Waals surface area contributed by atoms with E-state index >= 15 is 0 Å². The highest BCUT2D eigenvalue weighted by atomic mass is 16.4. The number of hydrogen-bond donors (Lipinski definition) is 1. The van der Waals surface area contributed by atoms with Crippen LogP contribution in [0, 0.1) is 17.8 Å². The Morgan fingerprint density at radius 3 is 2.53 bits per heavy atom. The molecule has 1 saturated heterocycles. The minimum absolute atomic E-state index is 0.480. The molecule has 15 heavy (non-hydrogen) atoms. The Morgan fingerprint density at radius 1 is 1.53 bits per heavy atom. The van der Waals surface area contributed by atoms with Gasteiger partial charge < -0.3 is 10.0 Å². The van der Waals surface area contributed by atoms with Crippen molar-refractivity contribution in [1.29, 1.82) is 0 Å². The summed E-state index contributed by atoms with van der Waals surface area (Å²) in [6.07, 6.45) is 8.19. The quantitative estimate of drug-likeness (QED) is 0.715. The van der Waals surface area contributed by atoms with E-state index in [1.54, 1.807) is 0 Å². The van der Waals surface area contributed by atoms with Crippen LogP contribution in [0.15, 0.2) is 0 Å². The van der Waals surface area contributed by atoms with Gasteiger partial charge >= 0.3 is 5.97 Å². The maximum atomic E-state index is 11.2. The lowest BCUT2D eigenvalue weighted by molar-refractivity contribution is -0.152. The summed E-state index contributed by atoms with van der Waals surface area (Å²) in [4.78, 5) is 13.4. The van der Waals surface area contributed by atoms with Crippen LogP contribution in [0.25, 0.3) is 0 Å². The van der Waals surface area contributed by atoms with Crippen LogP contribution in [0.2, 0.25) is 0 Å². The van der Waals surface area contributed by atoms with Crippen molar-refractivity contribution in [3.05, 3.63) is 0 Å². The highest BCUT2D eigenvalue weighted by Crippen LogP contribution is 2.34. The van der Waals surface area contributed by atoms with Gasteiger partial charge in [0, 0.05) is 13.0 Å². The number of piperidine rings is 1. The van der Waals surface area contributed by atoms with Crippen LogP contribution in [-0.4, -0.2) is 35.6 Å². The van der Waals surface area contributed by atoms with Crippen LogP contribution in [0.1, 0.15) is 32.6 Å². The van der Waals surface area contributed by atoms with E-state index in [1.165, 1.54) is 0 Å². The van der Waals surface area contributed by atoms with E-state index in [0.717, 1.165) is 45.3 Å². The molecule has 1 heterocycles. The number of carboxylic acids is 1. The Hall–Kier alpha value is -1.01. The third kappa shape index (κ3) is 2.73. The SMILES string of the molecule is C#CCCN1CCC(CC)(C(=O)O)CC1. The lowest BCUT2D eigenvalue weighted by atomic mass is 9.76. The van der Waals surface area contributed by atoms with Gasteiger partial charge in [-0.25, -0.2) is 0 Å². The average Bonchev–Trinajstić information content (AvgIpc) is 2.27. The lowest BCUT2D eigenvalue weighted by Crippen LogP contribution is -2.44. The summed E-state index contributed by atoms with van der Waals surface area (Å²) in [6, 6.07) is 0. The fourth-order valence-electron chi connectivity index (χ4n) is 2.15. The van der Waals surface area contributed by atoms with Gasteiger partial charge in [0.2, 0.25) is 0 Å². The third-order valence-corrected chi connectivity index (χ3v) is 3.52. The van der Waals surface area contributed by atoms with Crippen molar-refractivity contribution in [2.75, 3.05) is 19.6 Å². The van der Waals surface area contributed by atoms with E-state index < -0.39 is 11.4 Å². The summed E-state index contributed by atoms with van der Waals surface area (Å²) in [5.41, 5.74) is -0.480. The van der Waals surface area contributed by atoms with Crippen molar-refractivity contribution < 1.29 is 9.90 Å². The van der Waals surface area contributed by atoms with E-state index in [0.29, 0.717) is 0 Å².